The molecular formula is C18H18N6O3. The smallest absolute Gasteiger partial charge is 0.325 e. The first-order valence-corrected chi connectivity index (χ1v) is 8.55. The molecule has 0 aromatic carbocycles. The van der Waals surface area contributed by atoms with Crippen molar-refractivity contribution in [1.29, 1.82) is 0 Å². The zero-order valence-electron chi connectivity index (χ0n) is 14.7. The van der Waals surface area contributed by atoms with E-state index >= 15 is 0 Å². The number of anilines is 1. The van der Waals surface area contributed by atoms with E-state index in [0.29, 0.717) is 25.4 Å². The van der Waals surface area contributed by atoms with Crippen molar-refractivity contribution in [1.82, 2.24) is 25.1 Å². The molecule has 1 aliphatic rings. The van der Waals surface area contributed by atoms with Gasteiger partial charge in [-0.15, -0.1) is 5.10 Å². The highest BCUT2D eigenvalue weighted by atomic mass is 16.5. The molecule has 2 N–H and O–H groups in total. The molecule has 0 radical (unpaired) electrons. The van der Waals surface area contributed by atoms with Gasteiger partial charge in [0.25, 0.3) is 5.56 Å². The first-order valence-electron chi connectivity index (χ1n) is 8.55. The molecule has 0 saturated carbocycles. The standard InChI is InChI=1S/C18H18N6O3/c1-11-15(7-14(23-22-11)13-9-20-18(26)21-17(13)25)24-5-6-27-16(10-24)12-3-2-4-19-8-12/h2-4,7-9,16H,5-6,10H2,1H3,(H2,20,21,25,26). The first kappa shape index (κ1) is 17.1. The molecule has 27 heavy (non-hydrogen) atoms. The van der Waals surface area contributed by atoms with Crippen molar-refractivity contribution < 1.29 is 4.74 Å². The zero-order valence-corrected chi connectivity index (χ0v) is 14.7. The fraction of sp³-hybridized carbons (Fsp3) is 0.278. The third-order valence-electron chi connectivity index (χ3n) is 4.51. The molecule has 1 saturated heterocycles. The Morgan fingerprint density at radius 1 is 1.30 bits per heavy atom. The lowest BCUT2D eigenvalue weighted by molar-refractivity contribution is 0.0395. The minimum Gasteiger partial charge on any atom is -0.370 e. The fourth-order valence-corrected chi connectivity index (χ4v) is 3.13. The number of hydrogen-bond acceptors (Lipinski definition) is 7. The number of pyridine rings is 1. The van der Waals surface area contributed by atoms with Crippen LogP contribution in [0.3, 0.4) is 0 Å². The highest BCUT2D eigenvalue weighted by Crippen LogP contribution is 2.28. The molecule has 0 aliphatic carbocycles. The maximum absolute atomic E-state index is 12.1. The lowest BCUT2D eigenvalue weighted by Gasteiger charge is -2.35. The Labute approximate surface area is 154 Å². The van der Waals surface area contributed by atoms with Gasteiger partial charge in [-0.25, -0.2) is 4.79 Å². The summed E-state index contributed by atoms with van der Waals surface area (Å²) in [7, 11) is 0. The average molecular weight is 366 g/mol. The summed E-state index contributed by atoms with van der Waals surface area (Å²) in [5.74, 6) is 0. The molecule has 138 valence electrons. The molecule has 0 amide bonds. The van der Waals surface area contributed by atoms with Crippen molar-refractivity contribution in [2.75, 3.05) is 24.6 Å². The number of aromatic amines is 2. The summed E-state index contributed by atoms with van der Waals surface area (Å²) in [5, 5.41) is 8.31. The maximum Gasteiger partial charge on any atom is 0.325 e. The molecule has 1 unspecified atom stereocenters. The molecule has 4 heterocycles. The van der Waals surface area contributed by atoms with Crippen molar-refractivity contribution in [3.63, 3.8) is 0 Å². The highest BCUT2D eigenvalue weighted by Gasteiger charge is 2.24. The molecule has 3 aromatic heterocycles. The van der Waals surface area contributed by atoms with Crippen LogP contribution in [-0.4, -0.2) is 44.8 Å². The molecule has 9 heteroatoms. The van der Waals surface area contributed by atoms with Crippen LogP contribution >= 0.6 is 0 Å². The largest absolute Gasteiger partial charge is 0.370 e. The van der Waals surface area contributed by atoms with Crippen LogP contribution in [0.5, 0.6) is 0 Å². The number of aromatic nitrogens is 5. The predicted octanol–water partition coefficient (Wildman–Crippen LogP) is 0.802. The van der Waals surface area contributed by atoms with E-state index in [-0.39, 0.29) is 11.7 Å². The van der Waals surface area contributed by atoms with Gasteiger partial charge in [-0.05, 0) is 19.1 Å². The van der Waals surface area contributed by atoms with E-state index in [9.17, 15) is 9.59 Å². The number of aryl methyl sites for hydroxylation is 1. The molecule has 9 nitrogen and oxygen atoms in total. The summed E-state index contributed by atoms with van der Waals surface area (Å²) in [5.41, 5.74) is 2.25. The van der Waals surface area contributed by atoms with E-state index in [2.05, 4.69) is 30.0 Å². The Morgan fingerprint density at radius 2 is 2.19 bits per heavy atom. The van der Waals surface area contributed by atoms with Gasteiger partial charge in [0.15, 0.2) is 0 Å². The Morgan fingerprint density at radius 3 is 2.96 bits per heavy atom. The Kier molecular flexibility index (Phi) is 4.51. The second-order valence-corrected chi connectivity index (χ2v) is 6.28. The number of ether oxygens (including phenoxy) is 1. The van der Waals surface area contributed by atoms with Crippen LogP contribution in [-0.2, 0) is 4.74 Å². The Hall–Kier alpha value is -3.33. The van der Waals surface area contributed by atoms with E-state index < -0.39 is 11.2 Å². The number of rotatable bonds is 3. The topological polar surface area (TPSA) is 117 Å². The number of H-pyrrole nitrogens is 2. The van der Waals surface area contributed by atoms with Gasteiger partial charge in [-0.2, -0.15) is 5.10 Å². The summed E-state index contributed by atoms with van der Waals surface area (Å²) in [6.45, 7) is 3.78. The van der Waals surface area contributed by atoms with Crippen LogP contribution < -0.4 is 16.1 Å². The summed E-state index contributed by atoms with van der Waals surface area (Å²) in [6.07, 6.45) is 4.79. The van der Waals surface area contributed by atoms with Crippen molar-refractivity contribution in [3.05, 3.63) is 68.9 Å². The van der Waals surface area contributed by atoms with Gasteiger partial charge in [0.2, 0.25) is 0 Å². The van der Waals surface area contributed by atoms with E-state index in [0.717, 1.165) is 16.9 Å². The summed E-state index contributed by atoms with van der Waals surface area (Å²) in [6, 6.07) is 5.69. The van der Waals surface area contributed by atoms with Gasteiger partial charge in [-0.3, -0.25) is 14.8 Å². The van der Waals surface area contributed by atoms with Gasteiger partial charge in [0.1, 0.15) is 11.8 Å². The molecule has 1 atom stereocenters. The van der Waals surface area contributed by atoms with E-state index in [1.807, 2.05) is 25.1 Å². The zero-order chi connectivity index (χ0) is 18.8. The lowest BCUT2D eigenvalue weighted by atomic mass is 10.1. The van der Waals surface area contributed by atoms with Crippen LogP contribution in [0.2, 0.25) is 0 Å². The van der Waals surface area contributed by atoms with Gasteiger partial charge >= 0.3 is 5.69 Å². The van der Waals surface area contributed by atoms with Gasteiger partial charge in [-0.1, -0.05) is 6.07 Å². The van der Waals surface area contributed by atoms with Gasteiger partial charge < -0.3 is 14.6 Å². The van der Waals surface area contributed by atoms with Crippen LogP contribution in [0, 0.1) is 6.92 Å². The number of hydrogen-bond donors (Lipinski definition) is 2. The quantitative estimate of drug-likeness (QED) is 0.704. The third-order valence-corrected chi connectivity index (χ3v) is 4.51. The van der Waals surface area contributed by atoms with Gasteiger partial charge in [0, 0.05) is 37.2 Å². The van der Waals surface area contributed by atoms with Crippen molar-refractivity contribution in [2.24, 2.45) is 0 Å². The third kappa shape index (κ3) is 3.49. The Bertz CT molecular complexity index is 1060. The second-order valence-electron chi connectivity index (χ2n) is 6.28. The summed E-state index contributed by atoms with van der Waals surface area (Å²) >= 11 is 0. The van der Waals surface area contributed by atoms with Crippen LogP contribution in [0.15, 0.2) is 46.4 Å². The fourth-order valence-electron chi connectivity index (χ4n) is 3.13. The van der Waals surface area contributed by atoms with Crippen molar-refractivity contribution in [3.8, 4) is 11.3 Å². The number of nitrogens with one attached hydrogen (secondary N) is 2. The molecule has 4 rings (SSSR count). The molecule has 1 aliphatic heterocycles. The van der Waals surface area contributed by atoms with Crippen molar-refractivity contribution >= 4 is 5.69 Å². The Balaban J connectivity index is 1.67. The number of nitrogens with zero attached hydrogens (tertiary/aromatic N) is 4. The molecular weight excluding hydrogens is 348 g/mol. The normalized spacial score (nSPS) is 17.1. The SMILES string of the molecule is Cc1nnc(-c2c[nH]c(=O)[nH]c2=O)cc1N1CCOC(c2cccnc2)C1. The monoisotopic (exact) mass is 366 g/mol. The van der Waals surface area contributed by atoms with E-state index in [1.165, 1.54) is 6.20 Å². The lowest BCUT2D eigenvalue weighted by Crippen LogP contribution is -2.39. The predicted molar refractivity (Wildman–Crippen MR) is 98.6 cm³/mol. The molecule has 0 bridgehead atoms. The van der Waals surface area contributed by atoms with Crippen LogP contribution in [0.1, 0.15) is 17.4 Å². The number of morpholine rings is 1. The van der Waals surface area contributed by atoms with E-state index in [4.69, 9.17) is 4.74 Å². The molecule has 0 spiro atoms. The second kappa shape index (κ2) is 7.12. The summed E-state index contributed by atoms with van der Waals surface area (Å²) < 4.78 is 5.89. The van der Waals surface area contributed by atoms with Crippen LogP contribution in [0.25, 0.3) is 11.3 Å². The van der Waals surface area contributed by atoms with E-state index in [1.54, 1.807) is 12.4 Å². The minimum atomic E-state index is -0.559. The molecule has 3 aromatic rings. The average Bonchev–Trinajstić information content (AvgIpc) is 2.69. The molecule has 1 fully saturated rings. The minimum absolute atomic E-state index is 0.0973. The highest BCUT2D eigenvalue weighted by molar-refractivity contribution is 5.64. The first-order chi connectivity index (χ1) is 13.1. The van der Waals surface area contributed by atoms with Crippen molar-refractivity contribution in [2.45, 2.75) is 13.0 Å². The maximum atomic E-state index is 12.1. The summed E-state index contributed by atoms with van der Waals surface area (Å²) in [4.78, 5) is 34.3. The van der Waals surface area contributed by atoms with Crippen LogP contribution in [0.4, 0.5) is 5.69 Å². The van der Waals surface area contributed by atoms with Gasteiger partial charge in [0.05, 0.1) is 23.6 Å².